The highest BCUT2D eigenvalue weighted by Crippen LogP contribution is 2.18. The number of benzene rings is 1. The molecule has 2 N–H and O–H groups in total. The fraction of sp³-hybridized carbons (Fsp3) is 0.444. The summed E-state index contributed by atoms with van der Waals surface area (Å²) in [6, 6.07) is 6.51. The average Bonchev–Trinajstić information content (AvgIpc) is 2.56. The van der Waals surface area contributed by atoms with Crippen molar-refractivity contribution in [2.45, 2.75) is 45.4 Å². The quantitative estimate of drug-likeness (QED) is 0.688. The van der Waals surface area contributed by atoms with Gasteiger partial charge in [-0.05, 0) is 30.7 Å². The van der Waals surface area contributed by atoms with Crippen LogP contribution in [0.1, 0.15) is 45.4 Å². The smallest absolute Gasteiger partial charge is 0.293 e. The summed E-state index contributed by atoms with van der Waals surface area (Å²) in [6.45, 7) is 2.74. The van der Waals surface area contributed by atoms with Gasteiger partial charge in [0.2, 0.25) is 5.75 Å². The number of ether oxygens (including phenoxy) is 1. The number of hydrogen-bond donors (Lipinski definition) is 2. The third kappa shape index (κ3) is 5.43. The van der Waals surface area contributed by atoms with Gasteiger partial charge in [0.15, 0.2) is 0 Å². The second-order valence-corrected chi connectivity index (χ2v) is 5.59. The predicted octanol–water partition coefficient (Wildman–Crippen LogP) is 3.88. The molecule has 0 fully saturated rings. The van der Waals surface area contributed by atoms with Crippen LogP contribution in [0.15, 0.2) is 35.3 Å². The van der Waals surface area contributed by atoms with Crippen molar-refractivity contribution >= 4 is 0 Å². The molecule has 0 radical (unpaired) electrons. The van der Waals surface area contributed by atoms with Crippen molar-refractivity contribution in [1.82, 2.24) is 9.97 Å². The van der Waals surface area contributed by atoms with E-state index >= 15 is 0 Å². The van der Waals surface area contributed by atoms with Gasteiger partial charge >= 0.3 is 0 Å². The lowest BCUT2D eigenvalue weighted by Gasteiger charge is -2.06. The Morgan fingerprint density at radius 3 is 2.48 bits per heavy atom. The molecule has 2 rings (SSSR count). The molecule has 0 atom stereocenters. The number of H-pyrrole nitrogens is 1. The highest BCUT2D eigenvalue weighted by Gasteiger charge is 2.05. The molecule has 124 valence electrons. The number of rotatable bonds is 9. The van der Waals surface area contributed by atoms with E-state index in [2.05, 4.69) is 16.9 Å². The van der Waals surface area contributed by atoms with Gasteiger partial charge in [-0.15, -0.1) is 0 Å². The minimum Gasteiger partial charge on any atom is -0.508 e. The van der Waals surface area contributed by atoms with Crippen molar-refractivity contribution in [3.05, 3.63) is 40.8 Å². The molecule has 0 saturated carbocycles. The number of phenolic OH excluding ortho intramolecular Hbond substituents is 1. The second-order valence-electron chi connectivity index (χ2n) is 5.59. The Morgan fingerprint density at radius 1 is 1.09 bits per heavy atom. The number of aromatic amines is 1. The van der Waals surface area contributed by atoms with E-state index in [1.165, 1.54) is 31.9 Å². The molecule has 5 heteroatoms. The Kier molecular flexibility index (Phi) is 6.66. The maximum absolute atomic E-state index is 12.0. The summed E-state index contributed by atoms with van der Waals surface area (Å²) in [5.41, 5.74) is 0.455. The summed E-state index contributed by atoms with van der Waals surface area (Å²) in [6.07, 6.45) is 8.53. The minimum atomic E-state index is -0.283. The molecule has 5 nitrogen and oxygen atoms in total. The topological polar surface area (TPSA) is 75.2 Å². The second kappa shape index (κ2) is 8.98. The van der Waals surface area contributed by atoms with Gasteiger partial charge in [0.05, 0.1) is 12.8 Å². The molecule has 0 aliphatic heterocycles. The maximum Gasteiger partial charge on any atom is 0.293 e. The third-order valence-corrected chi connectivity index (χ3v) is 3.66. The lowest BCUT2D eigenvalue weighted by molar-refractivity contribution is 0.299. The fourth-order valence-corrected chi connectivity index (χ4v) is 2.32. The number of phenols is 1. The number of aromatic hydroxyl groups is 1. The van der Waals surface area contributed by atoms with Gasteiger partial charge < -0.3 is 14.8 Å². The molecule has 0 spiro atoms. The molecule has 0 bridgehead atoms. The SMILES string of the molecule is CCCCCCCCOc1cnc(-c2ccc(O)cc2)[nH]c1=O. The first-order valence-corrected chi connectivity index (χ1v) is 8.22. The highest BCUT2D eigenvalue weighted by atomic mass is 16.5. The predicted molar refractivity (Wildman–Crippen MR) is 90.8 cm³/mol. The van der Waals surface area contributed by atoms with E-state index < -0.39 is 0 Å². The van der Waals surface area contributed by atoms with E-state index in [0.717, 1.165) is 18.4 Å². The Hall–Kier alpha value is -2.30. The maximum atomic E-state index is 12.0. The molecule has 0 amide bonds. The molecular formula is C18H24N2O3. The van der Waals surface area contributed by atoms with Crippen LogP contribution < -0.4 is 10.3 Å². The molecule has 0 aliphatic carbocycles. The van der Waals surface area contributed by atoms with Crippen LogP contribution >= 0.6 is 0 Å². The molecule has 0 aliphatic rings. The Labute approximate surface area is 136 Å². The first-order valence-electron chi connectivity index (χ1n) is 8.22. The Morgan fingerprint density at radius 2 is 1.78 bits per heavy atom. The van der Waals surface area contributed by atoms with Crippen molar-refractivity contribution < 1.29 is 9.84 Å². The van der Waals surface area contributed by atoms with Gasteiger partial charge in [-0.25, -0.2) is 4.98 Å². The van der Waals surface area contributed by atoms with Crippen molar-refractivity contribution in [3.8, 4) is 22.9 Å². The van der Waals surface area contributed by atoms with Gasteiger partial charge in [-0.2, -0.15) is 0 Å². The molecule has 1 aromatic carbocycles. The zero-order valence-electron chi connectivity index (χ0n) is 13.5. The zero-order valence-corrected chi connectivity index (χ0v) is 13.5. The molecule has 1 heterocycles. The standard InChI is InChI=1S/C18H24N2O3/c1-2-3-4-5-6-7-12-23-16-13-19-17(20-18(16)22)14-8-10-15(21)11-9-14/h8-11,13,21H,2-7,12H2,1H3,(H,19,20,22). The summed E-state index contributed by atoms with van der Waals surface area (Å²) >= 11 is 0. The van der Waals surface area contributed by atoms with Crippen molar-refractivity contribution in [2.75, 3.05) is 6.61 Å². The Balaban J connectivity index is 1.85. The molecule has 0 saturated heterocycles. The van der Waals surface area contributed by atoms with Crippen LogP contribution in [0.3, 0.4) is 0 Å². The van der Waals surface area contributed by atoms with Crippen LogP contribution in [-0.4, -0.2) is 21.7 Å². The van der Waals surface area contributed by atoms with Crippen molar-refractivity contribution in [3.63, 3.8) is 0 Å². The van der Waals surface area contributed by atoms with E-state index in [1.54, 1.807) is 24.3 Å². The molecular weight excluding hydrogens is 292 g/mol. The van der Waals surface area contributed by atoms with Crippen LogP contribution in [0.4, 0.5) is 0 Å². The summed E-state index contributed by atoms with van der Waals surface area (Å²) in [4.78, 5) is 18.9. The third-order valence-electron chi connectivity index (χ3n) is 3.66. The number of unbranched alkanes of at least 4 members (excludes halogenated alkanes) is 5. The Bertz CT molecular complexity index is 650. The number of nitrogens with one attached hydrogen (secondary N) is 1. The van der Waals surface area contributed by atoms with Gasteiger partial charge in [0, 0.05) is 5.56 Å². The van der Waals surface area contributed by atoms with E-state index in [-0.39, 0.29) is 17.1 Å². The fourth-order valence-electron chi connectivity index (χ4n) is 2.32. The summed E-state index contributed by atoms with van der Waals surface area (Å²) < 4.78 is 5.51. The van der Waals surface area contributed by atoms with Crippen LogP contribution in [0.25, 0.3) is 11.4 Å². The van der Waals surface area contributed by atoms with Gasteiger partial charge in [-0.3, -0.25) is 4.79 Å². The van der Waals surface area contributed by atoms with E-state index in [1.807, 2.05) is 0 Å². The first-order chi connectivity index (χ1) is 11.2. The number of hydrogen-bond acceptors (Lipinski definition) is 4. The lowest BCUT2D eigenvalue weighted by Crippen LogP contribution is -2.13. The normalized spacial score (nSPS) is 10.7. The van der Waals surface area contributed by atoms with E-state index in [9.17, 15) is 9.90 Å². The van der Waals surface area contributed by atoms with Gasteiger partial charge in [0.1, 0.15) is 11.6 Å². The molecule has 2 aromatic rings. The minimum absolute atomic E-state index is 0.176. The molecule has 1 aromatic heterocycles. The molecule has 23 heavy (non-hydrogen) atoms. The van der Waals surface area contributed by atoms with Crippen molar-refractivity contribution in [1.29, 1.82) is 0 Å². The monoisotopic (exact) mass is 316 g/mol. The van der Waals surface area contributed by atoms with Gasteiger partial charge in [0.25, 0.3) is 5.56 Å². The lowest BCUT2D eigenvalue weighted by atomic mass is 10.1. The van der Waals surface area contributed by atoms with E-state index in [4.69, 9.17) is 4.74 Å². The van der Waals surface area contributed by atoms with Crippen LogP contribution in [0, 0.1) is 0 Å². The summed E-state index contributed by atoms with van der Waals surface area (Å²) in [5, 5.41) is 9.28. The number of aromatic nitrogens is 2. The van der Waals surface area contributed by atoms with Crippen LogP contribution in [0.2, 0.25) is 0 Å². The highest BCUT2D eigenvalue weighted by molar-refractivity contribution is 5.55. The van der Waals surface area contributed by atoms with Gasteiger partial charge in [-0.1, -0.05) is 39.0 Å². The average molecular weight is 316 g/mol. The summed E-state index contributed by atoms with van der Waals surface area (Å²) in [7, 11) is 0. The number of nitrogens with zero attached hydrogens (tertiary/aromatic N) is 1. The molecule has 0 unspecified atom stereocenters. The van der Waals surface area contributed by atoms with Crippen LogP contribution in [-0.2, 0) is 0 Å². The van der Waals surface area contributed by atoms with Crippen molar-refractivity contribution in [2.24, 2.45) is 0 Å². The largest absolute Gasteiger partial charge is 0.508 e. The zero-order chi connectivity index (χ0) is 16.5. The first kappa shape index (κ1) is 17.1. The van der Waals surface area contributed by atoms with Crippen LogP contribution in [0.5, 0.6) is 11.5 Å². The summed E-state index contributed by atoms with van der Waals surface area (Å²) in [5.74, 6) is 0.887. The van der Waals surface area contributed by atoms with E-state index in [0.29, 0.717) is 12.4 Å².